The fraction of sp³-hybridized carbons (Fsp3) is 0.571. The number of aryl methyl sites for hydroxylation is 1. The average Bonchev–Trinajstić information content (AvgIpc) is 3.17. The van der Waals surface area contributed by atoms with Gasteiger partial charge >= 0.3 is 12.2 Å². The first-order valence-electron chi connectivity index (χ1n) is 10.9. The van der Waals surface area contributed by atoms with Crippen molar-refractivity contribution in [2.24, 2.45) is 5.92 Å². The van der Waals surface area contributed by atoms with E-state index in [-0.39, 0.29) is 25.0 Å². The molecule has 2 bridgehead atoms. The Morgan fingerprint density at radius 3 is 2.69 bits per heavy atom. The zero-order chi connectivity index (χ0) is 22.5. The van der Waals surface area contributed by atoms with Crippen molar-refractivity contribution in [2.45, 2.75) is 44.8 Å². The number of alkyl halides is 3. The summed E-state index contributed by atoms with van der Waals surface area (Å²) < 4.78 is 39.9. The van der Waals surface area contributed by atoms with Crippen molar-refractivity contribution < 1.29 is 18.0 Å². The molecule has 2 saturated heterocycles. The van der Waals surface area contributed by atoms with Crippen LogP contribution in [-0.4, -0.2) is 54.4 Å². The van der Waals surface area contributed by atoms with E-state index in [9.17, 15) is 18.0 Å². The molecule has 7 nitrogen and oxygen atoms in total. The van der Waals surface area contributed by atoms with Crippen molar-refractivity contribution in [1.29, 1.82) is 0 Å². The molecule has 2 atom stereocenters. The number of thiazole rings is 1. The van der Waals surface area contributed by atoms with E-state index in [4.69, 9.17) is 4.98 Å². The smallest absolute Gasteiger partial charge is 0.366 e. The minimum absolute atomic E-state index is 0.0376. The molecule has 5 rings (SSSR count). The molecule has 2 aromatic heterocycles. The highest BCUT2D eigenvalue weighted by molar-refractivity contribution is 7.15. The summed E-state index contributed by atoms with van der Waals surface area (Å²) in [6.07, 6.45) is -0.0881. The Morgan fingerprint density at radius 1 is 1.16 bits per heavy atom. The van der Waals surface area contributed by atoms with Gasteiger partial charge in [-0.2, -0.15) is 13.2 Å². The molecule has 5 heterocycles. The molecule has 172 valence electrons. The van der Waals surface area contributed by atoms with Crippen LogP contribution in [0.25, 0.3) is 0 Å². The van der Waals surface area contributed by atoms with Gasteiger partial charge in [0.15, 0.2) is 10.9 Å². The van der Waals surface area contributed by atoms with Crippen LogP contribution in [0.3, 0.4) is 0 Å². The lowest BCUT2D eigenvalue weighted by molar-refractivity contribution is -0.176. The SMILES string of the molecule is Cc1cnc(NC(=O)N2c3nc(N4CCCC(C(F)(F)F)C4)ccc3N3CCC[C@H]2C3)s1. The van der Waals surface area contributed by atoms with Crippen LogP contribution in [0.1, 0.15) is 30.6 Å². The number of halogens is 3. The highest BCUT2D eigenvalue weighted by atomic mass is 32.1. The fourth-order valence-corrected chi connectivity index (χ4v) is 5.52. The van der Waals surface area contributed by atoms with Gasteiger partial charge in [-0.3, -0.25) is 10.2 Å². The van der Waals surface area contributed by atoms with Crippen LogP contribution in [0, 0.1) is 12.8 Å². The third-order valence-corrected chi connectivity index (χ3v) is 7.26. The van der Waals surface area contributed by atoms with E-state index in [0.717, 1.165) is 36.5 Å². The number of rotatable bonds is 2. The van der Waals surface area contributed by atoms with Crippen LogP contribution in [0.4, 0.5) is 40.4 Å². The normalized spacial score (nSPS) is 23.2. The van der Waals surface area contributed by atoms with Gasteiger partial charge in [-0.25, -0.2) is 14.8 Å². The summed E-state index contributed by atoms with van der Waals surface area (Å²) in [4.78, 5) is 28.8. The first-order valence-corrected chi connectivity index (χ1v) is 11.7. The number of pyridine rings is 1. The van der Waals surface area contributed by atoms with Gasteiger partial charge in [-0.05, 0) is 44.7 Å². The Balaban J connectivity index is 1.46. The number of anilines is 4. The van der Waals surface area contributed by atoms with Crippen LogP contribution in [0.2, 0.25) is 0 Å². The van der Waals surface area contributed by atoms with E-state index in [1.54, 1.807) is 22.1 Å². The van der Waals surface area contributed by atoms with E-state index in [1.165, 1.54) is 11.3 Å². The Morgan fingerprint density at radius 2 is 1.94 bits per heavy atom. The third-order valence-electron chi connectivity index (χ3n) is 6.43. The van der Waals surface area contributed by atoms with Gasteiger partial charge < -0.3 is 9.80 Å². The van der Waals surface area contributed by atoms with Crippen molar-refractivity contribution in [1.82, 2.24) is 9.97 Å². The first-order chi connectivity index (χ1) is 15.3. The van der Waals surface area contributed by atoms with Crippen LogP contribution in [0.15, 0.2) is 18.3 Å². The Hall–Kier alpha value is -2.56. The number of amides is 2. The van der Waals surface area contributed by atoms with Gasteiger partial charge in [-0.1, -0.05) is 0 Å². The number of aromatic nitrogens is 2. The summed E-state index contributed by atoms with van der Waals surface area (Å²) in [5.41, 5.74) is 0.847. The molecule has 0 aliphatic carbocycles. The zero-order valence-electron chi connectivity index (χ0n) is 17.7. The number of piperidine rings is 2. The largest absolute Gasteiger partial charge is 0.393 e. The van der Waals surface area contributed by atoms with Gasteiger partial charge in [0.05, 0.1) is 17.6 Å². The number of hydrogen-bond acceptors (Lipinski definition) is 6. The molecule has 1 N–H and O–H groups in total. The van der Waals surface area contributed by atoms with E-state index in [0.29, 0.717) is 29.7 Å². The lowest BCUT2D eigenvalue weighted by Gasteiger charge is -2.46. The summed E-state index contributed by atoms with van der Waals surface area (Å²) in [6, 6.07) is 3.34. The maximum Gasteiger partial charge on any atom is 0.393 e. The van der Waals surface area contributed by atoms with Gasteiger partial charge in [0.1, 0.15) is 5.82 Å². The van der Waals surface area contributed by atoms with Gasteiger partial charge in [0.25, 0.3) is 0 Å². The number of nitrogens with one attached hydrogen (secondary N) is 1. The molecule has 32 heavy (non-hydrogen) atoms. The lowest BCUT2D eigenvalue weighted by atomic mass is 9.97. The zero-order valence-corrected chi connectivity index (χ0v) is 18.5. The lowest BCUT2D eigenvalue weighted by Crippen LogP contribution is -2.56. The molecule has 3 aliphatic heterocycles. The van der Waals surface area contributed by atoms with Crippen molar-refractivity contribution in [2.75, 3.05) is 46.2 Å². The molecule has 11 heteroatoms. The van der Waals surface area contributed by atoms with E-state index in [1.807, 2.05) is 13.0 Å². The summed E-state index contributed by atoms with van der Waals surface area (Å²) in [5, 5.41) is 3.40. The molecule has 3 aliphatic rings. The molecule has 0 radical (unpaired) electrons. The van der Waals surface area contributed by atoms with E-state index >= 15 is 0 Å². The molecular weight excluding hydrogens is 441 g/mol. The van der Waals surface area contributed by atoms with Crippen molar-refractivity contribution in [3.05, 3.63) is 23.2 Å². The second-order valence-electron chi connectivity index (χ2n) is 8.66. The van der Waals surface area contributed by atoms with E-state index in [2.05, 4.69) is 15.2 Å². The second-order valence-corrected chi connectivity index (χ2v) is 9.89. The molecule has 0 spiro atoms. The summed E-state index contributed by atoms with van der Waals surface area (Å²) in [7, 11) is 0. The van der Waals surface area contributed by atoms with Gasteiger partial charge in [0.2, 0.25) is 0 Å². The summed E-state index contributed by atoms with van der Waals surface area (Å²) in [6.45, 7) is 3.94. The average molecular weight is 467 g/mol. The first kappa shape index (κ1) is 21.3. The highest BCUT2D eigenvalue weighted by Gasteiger charge is 2.43. The number of fused-ring (bicyclic) bond motifs is 4. The summed E-state index contributed by atoms with van der Waals surface area (Å²) in [5.74, 6) is -0.357. The number of carbonyl (C=O) groups is 1. The van der Waals surface area contributed by atoms with Gasteiger partial charge in [-0.15, -0.1) is 11.3 Å². The fourth-order valence-electron chi connectivity index (χ4n) is 4.87. The minimum Gasteiger partial charge on any atom is -0.366 e. The van der Waals surface area contributed by atoms with Crippen LogP contribution >= 0.6 is 11.3 Å². The quantitative estimate of drug-likeness (QED) is 0.698. The molecule has 2 fully saturated rings. The number of hydrogen-bond donors (Lipinski definition) is 1. The number of nitrogens with zero attached hydrogens (tertiary/aromatic N) is 5. The van der Waals surface area contributed by atoms with Crippen LogP contribution < -0.4 is 20.0 Å². The predicted molar refractivity (Wildman–Crippen MR) is 119 cm³/mol. The highest BCUT2D eigenvalue weighted by Crippen LogP contribution is 2.41. The maximum absolute atomic E-state index is 13.3. The van der Waals surface area contributed by atoms with Crippen LogP contribution in [-0.2, 0) is 0 Å². The molecule has 2 aromatic rings. The topological polar surface area (TPSA) is 64.6 Å². The second kappa shape index (κ2) is 8.09. The molecule has 1 unspecified atom stereocenters. The third kappa shape index (κ3) is 3.98. The Bertz CT molecular complexity index is 1010. The Labute approximate surface area is 188 Å². The van der Waals surface area contributed by atoms with Crippen molar-refractivity contribution >= 4 is 39.8 Å². The minimum atomic E-state index is -4.21. The molecule has 0 saturated carbocycles. The number of carbonyl (C=O) groups excluding carboxylic acids is 1. The summed E-state index contributed by atoms with van der Waals surface area (Å²) >= 11 is 1.40. The van der Waals surface area contributed by atoms with Crippen molar-refractivity contribution in [3.8, 4) is 0 Å². The van der Waals surface area contributed by atoms with Crippen LogP contribution in [0.5, 0.6) is 0 Å². The Kier molecular flexibility index (Phi) is 5.39. The predicted octanol–water partition coefficient (Wildman–Crippen LogP) is 4.65. The maximum atomic E-state index is 13.3. The molecule has 0 aromatic carbocycles. The standard InChI is InChI=1S/C21H25F3N6OS/c1-13-10-25-19(32-13)27-20(31)30-15-5-3-8-28(12-15)16-6-7-17(26-18(16)30)29-9-2-4-14(11-29)21(22,23)24/h6-7,10,14-15H,2-5,8-9,11-12H2,1H3,(H,25,27,31)/t14?,15-/m0/s1. The van der Waals surface area contributed by atoms with Gasteiger partial charge in [0, 0.05) is 37.3 Å². The van der Waals surface area contributed by atoms with E-state index < -0.39 is 12.1 Å². The monoisotopic (exact) mass is 466 g/mol. The number of urea groups is 1. The molecular formula is C21H25F3N6OS. The molecule has 2 amide bonds. The van der Waals surface area contributed by atoms with Crippen molar-refractivity contribution in [3.63, 3.8) is 0 Å².